The van der Waals surface area contributed by atoms with Gasteiger partial charge in [-0.15, -0.1) is 0 Å². The van der Waals surface area contributed by atoms with Gasteiger partial charge in [0.15, 0.2) is 0 Å². The molecule has 0 aliphatic carbocycles. The van der Waals surface area contributed by atoms with E-state index in [0.717, 1.165) is 43.2 Å². The van der Waals surface area contributed by atoms with E-state index < -0.39 is 0 Å². The largest absolute Gasteiger partial charge is 0.356 e. The Morgan fingerprint density at radius 1 is 1.18 bits per heavy atom. The number of halogens is 1. The first-order valence-corrected chi connectivity index (χ1v) is 9.28. The molecule has 2 N–H and O–H groups in total. The lowest BCUT2D eigenvalue weighted by molar-refractivity contribution is 0.102. The predicted octanol–water partition coefficient (Wildman–Crippen LogP) is 3.49. The minimum atomic E-state index is -0.349. The number of amides is 1. The quantitative estimate of drug-likeness (QED) is 0.723. The van der Waals surface area contributed by atoms with Gasteiger partial charge >= 0.3 is 0 Å². The topological polar surface area (TPSA) is 86.8 Å². The van der Waals surface area contributed by atoms with Crippen LogP contribution in [-0.4, -0.2) is 39.2 Å². The summed E-state index contributed by atoms with van der Waals surface area (Å²) in [6, 6.07) is 9.34. The maximum atomic E-state index is 13.1. The van der Waals surface area contributed by atoms with E-state index in [1.807, 2.05) is 0 Å². The zero-order valence-corrected chi connectivity index (χ0v) is 15.5. The van der Waals surface area contributed by atoms with Crippen LogP contribution in [0.15, 0.2) is 42.7 Å². The van der Waals surface area contributed by atoms with E-state index in [-0.39, 0.29) is 11.7 Å². The molecule has 1 aliphatic heterocycles. The lowest BCUT2D eigenvalue weighted by atomic mass is 9.99. The number of nitrogens with zero attached hydrogens (tertiary/aromatic N) is 4. The second-order valence-electron chi connectivity index (χ2n) is 7.06. The maximum absolute atomic E-state index is 13.1. The van der Waals surface area contributed by atoms with E-state index in [1.165, 1.54) is 18.5 Å². The number of aromatic nitrogens is 4. The molecule has 144 valence electrons. The van der Waals surface area contributed by atoms with Crippen molar-refractivity contribution in [3.05, 3.63) is 54.2 Å². The van der Waals surface area contributed by atoms with Crippen molar-refractivity contribution in [2.45, 2.75) is 19.8 Å². The SMILES string of the molecule is CC1CCN(c2cc(NC(=O)c3cc(-c4ccc(F)cc4)n[nH]3)ncn2)CC1. The number of hydrogen-bond donors (Lipinski definition) is 2. The Hall–Kier alpha value is -3.29. The summed E-state index contributed by atoms with van der Waals surface area (Å²) in [7, 11) is 0. The third-order valence-corrected chi connectivity index (χ3v) is 4.96. The van der Waals surface area contributed by atoms with Gasteiger partial charge in [0.2, 0.25) is 0 Å². The van der Waals surface area contributed by atoms with Gasteiger partial charge in [0.25, 0.3) is 5.91 Å². The van der Waals surface area contributed by atoms with Crippen LogP contribution in [0.3, 0.4) is 0 Å². The normalized spacial score (nSPS) is 14.9. The lowest BCUT2D eigenvalue weighted by Crippen LogP contribution is -2.33. The van der Waals surface area contributed by atoms with E-state index in [4.69, 9.17) is 0 Å². The van der Waals surface area contributed by atoms with Gasteiger partial charge in [-0.2, -0.15) is 5.10 Å². The Morgan fingerprint density at radius 2 is 1.93 bits per heavy atom. The van der Waals surface area contributed by atoms with Crippen molar-refractivity contribution in [2.24, 2.45) is 5.92 Å². The van der Waals surface area contributed by atoms with E-state index in [1.54, 1.807) is 24.3 Å². The number of rotatable bonds is 4. The standard InChI is InChI=1S/C20H21FN6O/c1-13-6-8-27(9-7-13)19-11-18(22-12-23-19)24-20(28)17-10-16(25-26-17)14-2-4-15(21)5-3-14/h2-5,10-13H,6-9H2,1H3,(H,25,26)(H,22,23,24,28). The maximum Gasteiger partial charge on any atom is 0.274 e. The summed E-state index contributed by atoms with van der Waals surface area (Å²) in [6.45, 7) is 4.16. The van der Waals surface area contributed by atoms with Crippen LogP contribution >= 0.6 is 0 Å². The minimum Gasteiger partial charge on any atom is -0.356 e. The fourth-order valence-electron chi connectivity index (χ4n) is 3.22. The second-order valence-corrected chi connectivity index (χ2v) is 7.06. The van der Waals surface area contributed by atoms with E-state index in [2.05, 4.69) is 37.3 Å². The van der Waals surface area contributed by atoms with Gasteiger partial charge in [-0.05, 0) is 49.1 Å². The smallest absolute Gasteiger partial charge is 0.274 e. The van der Waals surface area contributed by atoms with Gasteiger partial charge < -0.3 is 10.2 Å². The molecule has 28 heavy (non-hydrogen) atoms. The molecule has 4 rings (SSSR count). The Kier molecular flexibility index (Phi) is 5.01. The summed E-state index contributed by atoms with van der Waals surface area (Å²) in [4.78, 5) is 23.2. The predicted molar refractivity (Wildman–Crippen MR) is 105 cm³/mol. The number of carbonyl (C=O) groups is 1. The summed E-state index contributed by atoms with van der Waals surface area (Å²) in [5.74, 6) is 1.31. The number of carbonyl (C=O) groups excluding carboxylic acids is 1. The van der Waals surface area contributed by atoms with Crippen molar-refractivity contribution >= 4 is 17.5 Å². The fraction of sp³-hybridized carbons (Fsp3) is 0.300. The van der Waals surface area contributed by atoms with Gasteiger partial charge in [0, 0.05) is 24.7 Å². The molecular weight excluding hydrogens is 359 g/mol. The average Bonchev–Trinajstić information content (AvgIpc) is 3.20. The highest BCUT2D eigenvalue weighted by atomic mass is 19.1. The number of aromatic amines is 1. The fourth-order valence-corrected chi connectivity index (χ4v) is 3.22. The van der Waals surface area contributed by atoms with Gasteiger partial charge in [-0.1, -0.05) is 6.92 Å². The molecule has 0 saturated carbocycles. The number of H-pyrrole nitrogens is 1. The number of hydrogen-bond acceptors (Lipinski definition) is 5. The third-order valence-electron chi connectivity index (χ3n) is 4.96. The summed E-state index contributed by atoms with van der Waals surface area (Å²) in [6.07, 6.45) is 3.72. The molecule has 1 saturated heterocycles. The molecule has 3 aromatic rings. The number of piperidine rings is 1. The molecule has 0 radical (unpaired) electrons. The third kappa shape index (κ3) is 4.00. The van der Waals surface area contributed by atoms with Crippen molar-refractivity contribution in [2.75, 3.05) is 23.3 Å². The Bertz CT molecular complexity index is 963. The van der Waals surface area contributed by atoms with Gasteiger partial charge in [0.05, 0.1) is 5.69 Å². The van der Waals surface area contributed by atoms with Crippen LogP contribution < -0.4 is 10.2 Å². The molecular formula is C20H21FN6O. The van der Waals surface area contributed by atoms with Crippen LogP contribution in [0, 0.1) is 11.7 Å². The molecule has 0 bridgehead atoms. The average molecular weight is 380 g/mol. The number of nitrogens with one attached hydrogen (secondary N) is 2. The highest BCUT2D eigenvalue weighted by Gasteiger charge is 2.18. The Labute approximate surface area is 162 Å². The van der Waals surface area contributed by atoms with Gasteiger partial charge in [0.1, 0.15) is 29.5 Å². The molecule has 1 amide bonds. The number of anilines is 2. The molecule has 7 nitrogen and oxygen atoms in total. The monoisotopic (exact) mass is 380 g/mol. The molecule has 0 spiro atoms. The summed E-state index contributed by atoms with van der Waals surface area (Å²) in [5, 5.41) is 9.61. The summed E-state index contributed by atoms with van der Waals surface area (Å²) >= 11 is 0. The zero-order chi connectivity index (χ0) is 19.5. The van der Waals surface area contributed by atoms with Crippen LogP contribution in [0.25, 0.3) is 11.3 Å². The van der Waals surface area contributed by atoms with Gasteiger partial charge in [-0.3, -0.25) is 9.89 Å². The number of benzene rings is 1. The first-order valence-electron chi connectivity index (χ1n) is 9.28. The van der Waals surface area contributed by atoms with Crippen molar-refractivity contribution in [1.29, 1.82) is 0 Å². The summed E-state index contributed by atoms with van der Waals surface area (Å²) in [5.41, 5.74) is 1.59. The first kappa shape index (κ1) is 18.1. The van der Waals surface area contributed by atoms with E-state index in [9.17, 15) is 9.18 Å². The van der Waals surface area contributed by atoms with Crippen molar-refractivity contribution < 1.29 is 9.18 Å². The first-order chi connectivity index (χ1) is 13.6. The van der Waals surface area contributed by atoms with E-state index >= 15 is 0 Å². The van der Waals surface area contributed by atoms with Crippen LogP contribution in [0.5, 0.6) is 0 Å². The van der Waals surface area contributed by atoms with Crippen LogP contribution in [0.4, 0.5) is 16.0 Å². The molecule has 1 aromatic carbocycles. The van der Waals surface area contributed by atoms with E-state index in [0.29, 0.717) is 17.2 Å². The second kappa shape index (κ2) is 7.75. The Balaban J connectivity index is 1.45. The van der Waals surface area contributed by atoms with Crippen LogP contribution in [-0.2, 0) is 0 Å². The van der Waals surface area contributed by atoms with Crippen molar-refractivity contribution in [1.82, 2.24) is 20.2 Å². The van der Waals surface area contributed by atoms with Crippen molar-refractivity contribution in [3.8, 4) is 11.3 Å². The Morgan fingerprint density at radius 3 is 2.68 bits per heavy atom. The lowest BCUT2D eigenvalue weighted by Gasteiger charge is -2.31. The van der Waals surface area contributed by atoms with Gasteiger partial charge in [-0.25, -0.2) is 14.4 Å². The van der Waals surface area contributed by atoms with Crippen molar-refractivity contribution in [3.63, 3.8) is 0 Å². The molecule has 0 atom stereocenters. The zero-order valence-electron chi connectivity index (χ0n) is 15.5. The highest BCUT2D eigenvalue weighted by Crippen LogP contribution is 2.23. The molecule has 2 aromatic heterocycles. The molecule has 1 aliphatic rings. The highest BCUT2D eigenvalue weighted by molar-refractivity contribution is 6.03. The minimum absolute atomic E-state index is 0.297. The molecule has 0 unspecified atom stereocenters. The molecule has 1 fully saturated rings. The van der Waals surface area contributed by atoms with Crippen LogP contribution in [0.2, 0.25) is 0 Å². The molecule has 8 heteroatoms. The van der Waals surface area contributed by atoms with Crippen LogP contribution in [0.1, 0.15) is 30.3 Å². The molecule has 3 heterocycles. The summed E-state index contributed by atoms with van der Waals surface area (Å²) < 4.78 is 13.1.